The number of carboxylic acids is 1. The fraction of sp³-hybridized carbons (Fsp3) is 0.304. The first-order chi connectivity index (χ1) is 14.8. The minimum Gasteiger partial charge on any atom is -0.481 e. The fourth-order valence-electron chi connectivity index (χ4n) is 3.54. The number of aliphatic carboxylic acids is 1. The van der Waals surface area contributed by atoms with E-state index in [4.69, 9.17) is 23.2 Å². The molecule has 0 radical (unpaired) electrons. The summed E-state index contributed by atoms with van der Waals surface area (Å²) >= 11 is 12.0. The van der Waals surface area contributed by atoms with Crippen molar-refractivity contribution in [3.8, 4) is 0 Å². The smallest absolute Gasteiger partial charge is 0.307 e. The molecule has 0 saturated carbocycles. The Bertz CT molecular complexity index is 1110. The molecule has 0 spiro atoms. The Morgan fingerprint density at radius 3 is 2.29 bits per heavy atom. The van der Waals surface area contributed by atoms with Crippen molar-refractivity contribution in [2.24, 2.45) is 0 Å². The molecule has 0 saturated heterocycles. The molecule has 0 amide bonds. The van der Waals surface area contributed by atoms with Crippen LogP contribution >= 0.6 is 23.2 Å². The van der Waals surface area contributed by atoms with Crippen LogP contribution in [0.25, 0.3) is 0 Å². The normalized spacial score (nSPS) is 12.1. The van der Waals surface area contributed by atoms with Gasteiger partial charge < -0.3 is 5.11 Å². The van der Waals surface area contributed by atoms with Crippen molar-refractivity contribution in [1.29, 1.82) is 0 Å². The number of carbonyl (C=O) groups is 1. The lowest BCUT2D eigenvalue weighted by Crippen LogP contribution is -2.08. The molecule has 8 heteroatoms. The Labute approximate surface area is 194 Å². The van der Waals surface area contributed by atoms with Gasteiger partial charge in [0.1, 0.15) is 0 Å². The highest BCUT2D eigenvalue weighted by atomic mass is 35.5. The van der Waals surface area contributed by atoms with E-state index in [2.05, 4.69) is 5.10 Å². The molecule has 0 fully saturated rings. The number of rotatable bonds is 9. The van der Waals surface area contributed by atoms with Gasteiger partial charge in [-0.25, -0.2) is 0 Å². The van der Waals surface area contributed by atoms with Gasteiger partial charge >= 0.3 is 5.97 Å². The molecular formula is C23H24Cl2N2O3S. The first-order valence-electron chi connectivity index (χ1n) is 10.0. The second-order valence-electron chi connectivity index (χ2n) is 7.19. The number of hydrogen-bond donors (Lipinski definition) is 1. The Morgan fingerprint density at radius 2 is 1.71 bits per heavy atom. The largest absolute Gasteiger partial charge is 0.481 e. The van der Waals surface area contributed by atoms with Gasteiger partial charge in [-0.1, -0.05) is 55.2 Å². The van der Waals surface area contributed by atoms with E-state index in [-0.39, 0.29) is 6.42 Å². The van der Waals surface area contributed by atoms with E-state index in [1.165, 1.54) is 0 Å². The van der Waals surface area contributed by atoms with E-state index in [9.17, 15) is 14.1 Å². The van der Waals surface area contributed by atoms with E-state index in [1.54, 1.807) is 12.1 Å². The van der Waals surface area contributed by atoms with Crippen LogP contribution in [0.15, 0.2) is 47.4 Å². The van der Waals surface area contributed by atoms with Crippen LogP contribution in [-0.2, 0) is 47.2 Å². The van der Waals surface area contributed by atoms with Crippen LogP contribution in [0, 0.1) is 0 Å². The van der Waals surface area contributed by atoms with Gasteiger partial charge in [0.05, 0.1) is 45.3 Å². The van der Waals surface area contributed by atoms with Gasteiger partial charge in [-0.15, -0.1) is 0 Å². The zero-order valence-corrected chi connectivity index (χ0v) is 19.7. The lowest BCUT2D eigenvalue weighted by Gasteiger charge is -2.09. The number of carboxylic acid groups (broad SMARTS) is 1. The maximum absolute atomic E-state index is 12.7. The van der Waals surface area contributed by atoms with Crippen molar-refractivity contribution in [3.05, 3.63) is 80.6 Å². The molecule has 1 unspecified atom stereocenters. The lowest BCUT2D eigenvalue weighted by molar-refractivity contribution is -0.136. The van der Waals surface area contributed by atoms with Crippen LogP contribution in [0.5, 0.6) is 0 Å². The number of benzene rings is 2. The molecule has 0 aliphatic heterocycles. The van der Waals surface area contributed by atoms with E-state index >= 15 is 0 Å². The number of aryl methyl sites for hydroxylation is 1. The quantitative estimate of drug-likeness (QED) is 0.452. The van der Waals surface area contributed by atoms with Gasteiger partial charge in [0.25, 0.3) is 0 Å². The zero-order chi connectivity index (χ0) is 22.5. The molecule has 0 aliphatic rings. The van der Waals surface area contributed by atoms with E-state index in [0.717, 1.165) is 33.0 Å². The number of nitrogens with zero attached hydrogens (tertiary/aromatic N) is 2. The third-order valence-corrected chi connectivity index (χ3v) is 7.18. The summed E-state index contributed by atoms with van der Waals surface area (Å²) < 4.78 is 14.6. The van der Waals surface area contributed by atoms with Gasteiger partial charge in [-0.3, -0.25) is 13.7 Å². The van der Waals surface area contributed by atoms with Crippen LogP contribution in [0.3, 0.4) is 0 Å². The maximum Gasteiger partial charge on any atom is 0.307 e. The molecule has 1 atom stereocenters. The van der Waals surface area contributed by atoms with Crippen molar-refractivity contribution in [1.82, 2.24) is 9.78 Å². The van der Waals surface area contributed by atoms with Crippen LogP contribution in [-0.4, -0.2) is 25.1 Å². The predicted octanol–water partition coefficient (Wildman–Crippen LogP) is 5.30. The molecule has 1 N–H and O–H groups in total. The summed E-state index contributed by atoms with van der Waals surface area (Å²) in [6.07, 6.45) is 1.38. The minimum absolute atomic E-state index is 0.0149. The number of aromatic nitrogens is 2. The minimum atomic E-state index is -1.21. The van der Waals surface area contributed by atoms with E-state index in [1.807, 2.05) is 48.9 Å². The van der Waals surface area contributed by atoms with E-state index < -0.39 is 16.8 Å². The molecule has 3 rings (SSSR count). The summed E-state index contributed by atoms with van der Waals surface area (Å²) in [6.45, 7) is 4.53. The Kier molecular flexibility index (Phi) is 7.92. The third-order valence-electron chi connectivity index (χ3n) is 5.05. The lowest BCUT2D eigenvalue weighted by atomic mass is 10.1. The second-order valence-corrected chi connectivity index (χ2v) is 9.46. The van der Waals surface area contributed by atoms with Crippen LogP contribution in [0.4, 0.5) is 0 Å². The Balaban J connectivity index is 1.76. The highest BCUT2D eigenvalue weighted by Gasteiger charge is 2.18. The molecule has 164 valence electrons. The molecule has 1 heterocycles. The molecule has 0 aliphatic carbocycles. The molecule has 1 aromatic heterocycles. The standard InChI is InChI=1S/C23H24Cl2N2O3S/c1-3-21-18(12-23(28)29)22(4-2)27(26-21)13-15-5-8-17(9-6-15)31(30)14-16-7-10-19(24)20(25)11-16/h5-11H,3-4,12-14H2,1-2H3,(H,28,29). The summed E-state index contributed by atoms with van der Waals surface area (Å²) in [5.74, 6) is -0.494. The van der Waals surface area contributed by atoms with Crippen LogP contribution in [0.1, 0.15) is 41.9 Å². The van der Waals surface area contributed by atoms with Crippen molar-refractivity contribution in [3.63, 3.8) is 0 Å². The van der Waals surface area contributed by atoms with Gasteiger partial charge in [0, 0.05) is 16.2 Å². The highest BCUT2D eigenvalue weighted by molar-refractivity contribution is 7.84. The Hall–Kier alpha value is -2.15. The van der Waals surface area contributed by atoms with Gasteiger partial charge in [0.2, 0.25) is 0 Å². The maximum atomic E-state index is 12.7. The number of halogens is 2. The topological polar surface area (TPSA) is 72.2 Å². The first-order valence-corrected chi connectivity index (χ1v) is 12.1. The molecule has 0 bridgehead atoms. The highest BCUT2D eigenvalue weighted by Crippen LogP contribution is 2.24. The number of hydrogen-bond acceptors (Lipinski definition) is 3. The predicted molar refractivity (Wildman–Crippen MR) is 124 cm³/mol. The van der Waals surface area contributed by atoms with Crippen molar-refractivity contribution in [2.45, 2.75) is 50.3 Å². The molecule has 2 aromatic carbocycles. The summed E-state index contributed by atoms with van der Waals surface area (Å²) in [5, 5.41) is 14.8. The van der Waals surface area contributed by atoms with Gasteiger partial charge in [-0.2, -0.15) is 5.10 Å². The molecule has 31 heavy (non-hydrogen) atoms. The summed E-state index contributed by atoms with van der Waals surface area (Å²) in [6, 6.07) is 12.9. The fourth-order valence-corrected chi connectivity index (χ4v) is 4.95. The first kappa shape index (κ1) is 23.5. The van der Waals surface area contributed by atoms with Gasteiger partial charge in [0.15, 0.2) is 0 Å². The molecule has 5 nitrogen and oxygen atoms in total. The Morgan fingerprint density at radius 1 is 1.03 bits per heavy atom. The van der Waals surface area contributed by atoms with Crippen LogP contribution < -0.4 is 0 Å². The summed E-state index contributed by atoms with van der Waals surface area (Å²) in [5.41, 5.74) is 4.47. The third kappa shape index (κ3) is 5.76. The SMILES string of the molecule is CCc1nn(Cc2ccc(S(=O)Cc3ccc(Cl)c(Cl)c3)cc2)c(CC)c1CC(=O)O. The zero-order valence-electron chi connectivity index (χ0n) is 17.4. The molecular weight excluding hydrogens is 455 g/mol. The van der Waals surface area contributed by atoms with Gasteiger partial charge in [-0.05, 0) is 48.2 Å². The molecule has 3 aromatic rings. The summed E-state index contributed by atoms with van der Waals surface area (Å²) in [4.78, 5) is 12.0. The average molecular weight is 479 g/mol. The second kappa shape index (κ2) is 10.4. The monoisotopic (exact) mass is 478 g/mol. The van der Waals surface area contributed by atoms with Crippen molar-refractivity contribution in [2.75, 3.05) is 0 Å². The van der Waals surface area contributed by atoms with Crippen molar-refractivity contribution < 1.29 is 14.1 Å². The summed E-state index contributed by atoms with van der Waals surface area (Å²) in [7, 11) is -1.21. The van der Waals surface area contributed by atoms with Crippen molar-refractivity contribution >= 4 is 40.0 Å². The van der Waals surface area contributed by atoms with Crippen LogP contribution in [0.2, 0.25) is 10.0 Å². The average Bonchev–Trinajstić information content (AvgIpc) is 3.06. The van der Waals surface area contributed by atoms with E-state index in [0.29, 0.717) is 35.2 Å².